The number of ether oxygens (including phenoxy) is 1. The van der Waals surface area contributed by atoms with Crippen LogP contribution in [-0.4, -0.2) is 60.5 Å². The average Bonchev–Trinajstić information content (AvgIpc) is 3.22. The molecule has 1 heterocycles. The highest BCUT2D eigenvalue weighted by Crippen LogP contribution is 2.41. The van der Waals surface area contributed by atoms with Crippen molar-refractivity contribution >= 4 is 0 Å². The summed E-state index contributed by atoms with van der Waals surface area (Å²) in [5.41, 5.74) is -0.0690. The fraction of sp³-hybridized carbons (Fsp3) is 1.00. The molecule has 1 aliphatic heterocycles. The van der Waals surface area contributed by atoms with Crippen molar-refractivity contribution in [3.05, 3.63) is 0 Å². The van der Waals surface area contributed by atoms with Gasteiger partial charge >= 0.3 is 0 Å². The van der Waals surface area contributed by atoms with Crippen LogP contribution < -0.4 is 5.32 Å². The van der Waals surface area contributed by atoms with Gasteiger partial charge < -0.3 is 15.2 Å². The van der Waals surface area contributed by atoms with Crippen LogP contribution in [0.3, 0.4) is 0 Å². The van der Waals surface area contributed by atoms with Crippen molar-refractivity contribution < 1.29 is 9.84 Å². The van der Waals surface area contributed by atoms with E-state index < -0.39 is 0 Å². The highest BCUT2D eigenvalue weighted by molar-refractivity contribution is 5.04. The quantitative estimate of drug-likeness (QED) is 0.740. The summed E-state index contributed by atoms with van der Waals surface area (Å²) < 4.78 is 5.91. The predicted molar refractivity (Wildman–Crippen MR) is 79.8 cm³/mol. The lowest BCUT2D eigenvalue weighted by Gasteiger charge is -2.44. The van der Waals surface area contributed by atoms with Gasteiger partial charge in [0.25, 0.3) is 0 Å². The van der Waals surface area contributed by atoms with Crippen LogP contribution in [0.2, 0.25) is 0 Å². The molecule has 2 N–H and O–H groups in total. The largest absolute Gasteiger partial charge is 0.394 e. The predicted octanol–water partition coefficient (Wildman–Crippen LogP) is 1.38. The van der Waals surface area contributed by atoms with E-state index in [0.717, 1.165) is 32.7 Å². The molecule has 3 atom stereocenters. The Kier molecular flexibility index (Phi) is 4.65. The maximum atomic E-state index is 10.1. The van der Waals surface area contributed by atoms with E-state index in [1.807, 2.05) is 0 Å². The van der Waals surface area contributed by atoms with Crippen molar-refractivity contribution in [3.63, 3.8) is 0 Å². The summed E-state index contributed by atoms with van der Waals surface area (Å²) in [6.07, 6.45) is 7.91. The third-order valence-electron chi connectivity index (χ3n) is 5.45. The van der Waals surface area contributed by atoms with Gasteiger partial charge in [0, 0.05) is 19.1 Å². The first kappa shape index (κ1) is 14.8. The lowest BCUT2D eigenvalue weighted by atomic mass is 9.91. The monoisotopic (exact) mass is 282 g/mol. The van der Waals surface area contributed by atoms with Crippen molar-refractivity contribution in [2.75, 3.05) is 32.8 Å². The summed E-state index contributed by atoms with van der Waals surface area (Å²) in [6.45, 7) is 6.37. The lowest BCUT2D eigenvalue weighted by Crippen LogP contribution is -2.62. The normalized spacial score (nSPS) is 33.9. The maximum Gasteiger partial charge on any atom is 0.0730 e. The molecule has 3 rings (SSSR count). The van der Waals surface area contributed by atoms with E-state index in [9.17, 15) is 5.11 Å². The molecule has 0 aromatic heterocycles. The molecule has 1 saturated heterocycles. The van der Waals surface area contributed by atoms with Crippen LogP contribution in [0.4, 0.5) is 0 Å². The second-order valence-electron chi connectivity index (χ2n) is 6.89. The average molecular weight is 282 g/mol. The van der Waals surface area contributed by atoms with Gasteiger partial charge in [-0.15, -0.1) is 0 Å². The Hall–Kier alpha value is -0.160. The Morgan fingerprint density at radius 2 is 2.15 bits per heavy atom. The van der Waals surface area contributed by atoms with Crippen LogP contribution in [0, 0.1) is 5.92 Å². The third-order valence-corrected chi connectivity index (χ3v) is 5.45. The van der Waals surface area contributed by atoms with Crippen LogP contribution in [-0.2, 0) is 4.74 Å². The maximum absolute atomic E-state index is 10.1. The Bertz CT molecular complexity index is 322. The minimum Gasteiger partial charge on any atom is -0.394 e. The number of hydrogen-bond acceptors (Lipinski definition) is 4. The molecule has 2 saturated carbocycles. The number of nitrogens with one attached hydrogen (secondary N) is 1. The standard InChI is InChI=1S/C16H30N2O2/c1-2-8-17-16(12-19,13-6-7-13)11-18-9-10-20-15-5-3-4-14(15)18/h13-15,17,19H,2-12H2,1H3. The summed E-state index contributed by atoms with van der Waals surface area (Å²) in [7, 11) is 0. The Morgan fingerprint density at radius 1 is 1.30 bits per heavy atom. The first-order valence-electron chi connectivity index (χ1n) is 8.50. The minimum absolute atomic E-state index is 0.0690. The summed E-state index contributed by atoms with van der Waals surface area (Å²) in [4.78, 5) is 2.61. The number of rotatable bonds is 7. The molecule has 3 aliphatic rings. The molecule has 3 unspecified atom stereocenters. The zero-order chi connectivity index (χ0) is 14.0. The van der Waals surface area contributed by atoms with Gasteiger partial charge in [-0.1, -0.05) is 6.92 Å². The lowest BCUT2D eigenvalue weighted by molar-refractivity contribution is -0.0694. The molecular formula is C16H30N2O2. The number of aliphatic hydroxyl groups is 1. The van der Waals surface area contributed by atoms with E-state index in [0.29, 0.717) is 18.1 Å². The van der Waals surface area contributed by atoms with Gasteiger partial charge in [0.15, 0.2) is 0 Å². The topological polar surface area (TPSA) is 44.7 Å². The second kappa shape index (κ2) is 6.30. The molecule has 0 radical (unpaired) electrons. The number of nitrogens with zero attached hydrogens (tertiary/aromatic N) is 1. The molecule has 2 aliphatic carbocycles. The fourth-order valence-corrected chi connectivity index (χ4v) is 4.14. The van der Waals surface area contributed by atoms with Crippen molar-refractivity contribution in [3.8, 4) is 0 Å². The van der Waals surface area contributed by atoms with Crippen molar-refractivity contribution in [1.82, 2.24) is 10.2 Å². The molecule has 4 nitrogen and oxygen atoms in total. The fourth-order valence-electron chi connectivity index (χ4n) is 4.14. The molecule has 20 heavy (non-hydrogen) atoms. The van der Waals surface area contributed by atoms with Crippen molar-refractivity contribution in [1.29, 1.82) is 0 Å². The van der Waals surface area contributed by atoms with Crippen LogP contribution in [0.25, 0.3) is 0 Å². The van der Waals surface area contributed by atoms with Crippen LogP contribution in [0.5, 0.6) is 0 Å². The van der Waals surface area contributed by atoms with Gasteiger partial charge in [-0.2, -0.15) is 0 Å². The Labute approximate surface area is 122 Å². The van der Waals surface area contributed by atoms with E-state index in [2.05, 4.69) is 17.1 Å². The van der Waals surface area contributed by atoms with Gasteiger partial charge in [0.05, 0.1) is 24.9 Å². The van der Waals surface area contributed by atoms with Crippen molar-refractivity contribution in [2.45, 2.75) is 63.1 Å². The SMILES string of the molecule is CCCNC(CO)(CN1CCOC2CCCC21)C1CC1. The first-order valence-corrected chi connectivity index (χ1v) is 8.50. The molecule has 0 bridgehead atoms. The summed E-state index contributed by atoms with van der Waals surface area (Å²) in [6, 6.07) is 0.594. The minimum atomic E-state index is -0.0690. The highest BCUT2D eigenvalue weighted by atomic mass is 16.5. The highest BCUT2D eigenvalue weighted by Gasteiger charge is 2.47. The number of aliphatic hydroxyl groups excluding tert-OH is 1. The molecule has 4 heteroatoms. The van der Waals surface area contributed by atoms with Gasteiger partial charge in [-0.3, -0.25) is 4.90 Å². The van der Waals surface area contributed by atoms with Crippen LogP contribution in [0.1, 0.15) is 45.4 Å². The molecule has 0 spiro atoms. The summed E-state index contributed by atoms with van der Waals surface area (Å²) in [5.74, 6) is 0.668. The molecule has 116 valence electrons. The molecule has 0 amide bonds. The van der Waals surface area contributed by atoms with Crippen molar-refractivity contribution in [2.24, 2.45) is 5.92 Å². The van der Waals surface area contributed by atoms with Crippen LogP contribution >= 0.6 is 0 Å². The number of hydrogen-bond donors (Lipinski definition) is 2. The van der Waals surface area contributed by atoms with E-state index in [1.165, 1.54) is 32.1 Å². The van der Waals surface area contributed by atoms with Gasteiger partial charge in [0.1, 0.15) is 0 Å². The van der Waals surface area contributed by atoms with Gasteiger partial charge in [-0.25, -0.2) is 0 Å². The van der Waals surface area contributed by atoms with E-state index in [1.54, 1.807) is 0 Å². The molecule has 0 aromatic carbocycles. The van der Waals surface area contributed by atoms with Crippen LogP contribution in [0.15, 0.2) is 0 Å². The second-order valence-corrected chi connectivity index (χ2v) is 6.89. The van der Waals surface area contributed by atoms with Gasteiger partial charge in [0.2, 0.25) is 0 Å². The molecular weight excluding hydrogens is 252 g/mol. The Balaban J connectivity index is 1.68. The number of morpholine rings is 1. The third kappa shape index (κ3) is 2.89. The molecule has 0 aromatic rings. The zero-order valence-electron chi connectivity index (χ0n) is 12.8. The molecule has 3 fully saturated rings. The van der Waals surface area contributed by atoms with Gasteiger partial charge in [-0.05, 0) is 51.0 Å². The summed E-state index contributed by atoms with van der Waals surface area (Å²) >= 11 is 0. The van der Waals surface area contributed by atoms with E-state index in [-0.39, 0.29) is 12.1 Å². The zero-order valence-corrected chi connectivity index (χ0v) is 12.8. The van der Waals surface area contributed by atoms with E-state index in [4.69, 9.17) is 4.74 Å². The smallest absolute Gasteiger partial charge is 0.0730 e. The summed E-state index contributed by atoms with van der Waals surface area (Å²) in [5, 5.41) is 13.8. The Morgan fingerprint density at radius 3 is 2.85 bits per heavy atom. The first-order chi connectivity index (χ1) is 9.79. The van der Waals surface area contributed by atoms with E-state index >= 15 is 0 Å². The number of fused-ring (bicyclic) bond motifs is 1.